The molecule has 0 bridgehead atoms. The maximum absolute atomic E-state index is 13.2. The SMILES string of the molecule is Cc1nc(NC(=O)Cc2cccc3[nH]ncc23)sc1C(=O)N[C@@H](CNC(=O)c1cccs1)C(=O)O.Cc1nc(NC(=O)Cc2cccc3[nH]ncc23)sc1C(=O)N[C@@H](CNC(=O)c1cccs1)C(=O)OC1CCCC1. The van der Waals surface area contributed by atoms with Gasteiger partial charge in [-0.25, -0.2) is 19.6 Å². The normalized spacial score (nSPS) is 13.0. The van der Waals surface area contributed by atoms with Crippen LogP contribution < -0.4 is 31.9 Å². The van der Waals surface area contributed by atoms with Gasteiger partial charge < -0.3 is 41.7 Å². The third kappa shape index (κ3) is 13.9. The number of aromatic nitrogens is 6. The van der Waals surface area contributed by atoms with E-state index in [1.165, 1.54) is 22.7 Å². The fraction of sp³-hybridized carbons (Fsp3) is 0.265. The number of hydrogen-bond donors (Lipinski definition) is 9. The Labute approximate surface area is 442 Å². The Morgan fingerprint density at radius 1 is 0.640 bits per heavy atom. The summed E-state index contributed by atoms with van der Waals surface area (Å²) < 4.78 is 5.62. The molecule has 26 heteroatoms. The number of aromatic amines is 2. The lowest BCUT2D eigenvalue weighted by Gasteiger charge is -2.20. The molecule has 1 fully saturated rings. The van der Waals surface area contributed by atoms with Crippen LogP contribution in [0.2, 0.25) is 0 Å². The number of nitrogens with zero attached hydrogens (tertiary/aromatic N) is 4. The average molecular weight is 1090 g/mol. The number of carbonyl (C=O) groups is 8. The second-order valence-corrected chi connectivity index (χ2v) is 20.8. The van der Waals surface area contributed by atoms with E-state index >= 15 is 0 Å². The largest absolute Gasteiger partial charge is 0.480 e. The van der Waals surface area contributed by atoms with Crippen LogP contribution in [0.15, 0.2) is 83.8 Å². The van der Waals surface area contributed by atoms with Gasteiger partial charge in [0.25, 0.3) is 23.6 Å². The molecule has 2 atom stereocenters. The van der Waals surface area contributed by atoms with E-state index in [1.54, 1.807) is 61.3 Å². The van der Waals surface area contributed by atoms with E-state index in [0.717, 1.165) is 81.3 Å². The number of fused-ring (bicyclic) bond motifs is 2. The Bertz CT molecular complexity index is 3360. The van der Waals surface area contributed by atoms with Crippen LogP contribution in [0.4, 0.5) is 10.3 Å². The predicted octanol–water partition coefficient (Wildman–Crippen LogP) is 5.77. The highest BCUT2D eigenvalue weighted by Crippen LogP contribution is 2.26. The lowest BCUT2D eigenvalue weighted by Crippen LogP contribution is -2.49. The molecule has 9 rings (SSSR count). The monoisotopic (exact) mass is 1090 g/mol. The highest BCUT2D eigenvalue weighted by atomic mass is 32.1. The van der Waals surface area contributed by atoms with Crippen molar-refractivity contribution < 1.29 is 48.2 Å². The molecule has 0 unspecified atom stereocenters. The Hall–Kier alpha value is -8.20. The highest BCUT2D eigenvalue weighted by Gasteiger charge is 2.30. The molecule has 22 nitrogen and oxygen atoms in total. The third-order valence-electron chi connectivity index (χ3n) is 11.6. The van der Waals surface area contributed by atoms with Crippen LogP contribution in [0.5, 0.6) is 0 Å². The lowest BCUT2D eigenvalue weighted by atomic mass is 10.1. The maximum atomic E-state index is 13.2. The number of thiazole rings is 2. The van der Waals surface area contributed by atoms with Crippen LogP contribution >= 0.6 is 45.3 Å². The molecule has 1 aliphatic rings. The Balaban J connectivity index is 0.000000201. The molecule has 8 aromatic rings. The number of thiophene rings is 2. The summed E-state index contributed by atoms with van der Waals surface area (Å²) in [5.41, 5.74) is 3.99. The molecular formula is C49H48N12O10S4. The van der Waals surface area contributed by atoms with Crippen LogP contribution in [0.1, 0.15) is 86.9 Å². The van der Waals surface area contributed by atoms with Gasteiger partial charge in [0.05, 0.1) is 57.4 Å². The van der Waals surface area contributed by atoms with Crippen molar-refractivity contribution in [1.29, 1.82) is 0 Å². The van der Waals surface area contributed by atoms with Gasteiger partial charge in [-0.2, -0.15) is 10.2 Å². The zero-order chi connectivity index (χ0) is 53.0. The van der Waals surface area contributed by atoms with Gasteiger partial charge in [0.15, 0.2) is 10.3 Å². The maximum Gasteiger partial charge on any atom is 0.330 e. The van der Waals surface area contributed by atoms with Gasteiger partial charge in [-0.15, -0.1) is 22.7 Å². The van der Waals surface area contributed by atoms with Crippen LogP contribution in [0.25, 0.3) is 21.8 Å². The first kappa shape index (κ1) is 53.1. The van der Waals surface area contributed by atoms with E-state index in [9.17, 15) is 43.5 Å². The number of aryl methyl sites for hydroxylation is 2. The summed E-state index contributed by atoms with van der Waals surface area (Å²) in [4.78, 5) is 110. The minimum atomic E-state index is -1.35. The molecule has 75 heavy (non-hydrogen) atoms. The van der Waals surface area contributed by atoms with E-state index in [2.05, 4.69) is 62.3 Å². The number of aliphatic carboxylic acids is 1. The number of carboxylic acids is 1. The van der Waals surface area contributed by atoms with Crippen LogP contribution in [0.3, 0.4) is 0 Å². The predicted molar refractivity (Wildman–Crippen MR) is 282 cm³/mol. The van der Waals surface area contributed by atoms with E-state index in [-0.39, 0.29) is 69.8 Å². The second kappa shape index (κ2) is 24.7. The van der Waals surface area contributed by atoms with Gasteiger partial charge in [0.1, 0.15) is 27.9 Å². The first-order chi connectivity index (χ1) is 36.2. The van der Waals surface area contributed by atoms with Gasteiger partial charge >= 0.3 is 11.9 Å². The molecular weight excluding hydrogens is 1040 g/mol. The van der Waals surface area contributed by atoms with E-state index in [0.29, 0.717) is 21.1 Å². The number of benzene rings is 2. The topological polar surface area (TPSA) is 321 Å². The summed E-state index contributed by atoms with van der Waals surface area (Å²) >= 11 is 4.44. The summed E-state index contributed by atoms with van der Waals surface area (Å²) in [5.74, 6) is -4.48. The molecule has 6 aromatic heterocycles. The fourth-order valence-electron chi connectivity index (χ4n) is 7.83. The molecule has 6 heterocycles. The number of hydrogen-bond acceptors (Lipinski definition) is 17. The Kier molecular flexibility index (Phi) is 17.5. The standard InChI is InChI=1S/C27H28N6O5S2.C22H20N6O5S2/c1-15-23(40-27(30-15)32-22(34)12-16-6-4-9-19-18(16)13-29-33-19)25(36)31-20(26(37)38-17-7-2-3-8-17)14-28-24(35)21-10-5-11-39-21;1-11-18(20(31)26-15(21(32)33)10-23-19(30)16-6-3-7-34-16)35-22(25-11)27-17(29)8-12-4-2-5-14-13(12)9-24-28-14/h4-6,9-11,13,17,20H,2-3,7-8,12,14H2,1H3,(H,28,35)(H,29,33)(H,31,36)(H,30,32,34);2-7,9,15H,8,10H2,1H3,(H,23,30)(H,24,28)(H,26,31)(H,32,33)(H,25,27,29)/t20-;15-/m00/s1. The third-order valence-corrected chi connectivity index (χ3v) is 15.4. The molecule has 6 amide bonds. The lowest BCUT2D eigenvalue weighted by molar-refractivity contribution is -0.151. The number of carbonyl (C=O) groups excluding carboxylic acids is 7. The zero-order valence-corrected chi connectivity index (χ0v) is 43.3. The minimum Gasteiger partial charge on any atom is -0.480 e. The first-order valence-corrected chi connectivity index (χ1v) is 26.6. The molecule has 0 spiro atoms. The minimum absolute atomic E-state index is 0.0854. The van der Waals surface area contributed by atoms with E-state index in [1.807, 2.05) is 36.4 Å². The van der Waals surface area contributed by atoms with Crippen molar-refractivity contribution in [3.8, 4) is 0 Å². The summed E-state index contributed by atoms with van der Waals surface area (Å²) in [5, 5.41) is 44.6. The number of esters is 1. The Morgan fingerprint density at radius 2 is 1.11 bits per heavy atom. The second-order valence-electron chi connectivity index (χ2n) is 16.9. The van der Waals surface area contributed by atoms with Crippen molar-refractivity contribution in [1.82, 2.24) is 51.6 Å². The van der Waals surface area contributed by atoms with Gasteiger partial charge in [-0.05, 0) is 85.7 Å². The summed E-state index contributed by atoms with van der Waals surface area (Å²) in [6, 6.07) is 15.4. The van der Waals surface area contributed by atoms with E-state index in [4.69, 9.17) is 4.74 Å². The van der Waals surface area contributed by atoms with Crippen LogP contribution in [-0.4, -0.2) is 114 Å². The molecule has 9 N–H and O–H groups in total. The highest BCUT2D eigenvalue weighted by molar-refractivity contribution is 7.18. The molecule has 2 aromatic carbocycles. The summed E-state index contributed by atoms with van der Waals surface area (Å²) in [6.07, 6.45) is 6.84. The summed E-state index contributed by atoms with van der Waals surface area (Å²) in [6.45, 7) is 2.81. The smallest absolute Gasteiger partial charge is 0.330 e. The van der Waals surface area contributed by atoms with Crippen molar-refractivity contribution >= 4 is 125 Å². The molecule has 0 saturated heterocycles. The van der Waals surface area contributed by atoms with Gasteiger partial charge in [0, 0.05) is 23.9 Å². The first-order valence-electron chi connectivity index (χ1n) is 23.2. The number of H-pyrrole nitrogens is 2. The Morgan fingerprint density at radius 3 is 1.56 bits per heavy atom. The molecule has 0 radical (unpaired) electrons. The van der Waals surface area contributed by atoms with Crippen LogP contribution in [-0.2, 0) is 36.8 Å². The van der Waals surface area contributed by atoms with Crippen molar-refractivity contribution in [3.63, 3.8) is 0 Å². The number of carboxylic acid groups (broad SMARTS) is 1. The molecule has 0 aliphatic heterocycles. The van der Waals surface area contributed by atoms with Crippen LogP contribution in [0, 0.1) is 13.8 Å². The number of ether oxygens (including phenoxy) is 1. The molecule has 1 saturated carbocycles. The zero-order valence-electron chi connectivity index (χ0n) is 40.0. The fourth-order valence-corrected chi connectivity index (χ4v) is 10.9. The number of amides is 6. The van der Waals surface area contributed by atoms with Gasteiger partial charge in [0.2, 0.25) is 11.8 Å². The van der Waals surface area contributed by atoms with Crippen molar-refractivity contribution in [2.75, 3.05) is 23.7 Å². The van der Waals surface area contributed by atoms with Crippen molar-refractivity contribution in [2.24, 2.45) is 0 Å². The number of nitrogens with one attached hydrogen (secondary N) is 8. The number of rotatable bonds is 19. The van der Waals surface area contributed by atoms with Crippen molar-refractivity contribution in [2.45, 2.75) is 70.6 Å². The molecule has 388 valence electrons. The average Bonchev–Trinajstić information content (AvgIpc) is 4.24. The van der Waals surface area contributed by atoms with Crippen molar-refractivity contribution in [3.05, 3.63) is 126 Å². The molecule has 1 aliphatic carbocycles. The quantitative estimate of drug-likeness (QED) is 0.0435. The van der Waals surface area contributed by atoms with Gasteiger partial charge in [-0.3, -0.25) is 39.0 Å². The summed E-state index contributed by atoms with van der Waals surface area (Å²) in [7, 11) is 0. The van der Waals surface area contributed by atoms with E-state index < -0.39 is 41.7 Å². The van der Waals surface area contributed by atoms with Gasteiger partial charge in [-0.1, -0.05) is 59.1 Å². The number of anilines is 2.